The number of nitrogens with zero attached hydrogens (tertiary/aromatic N) is 1. The molecule has 0 N–H and O–H groups in total. The number of hydrogen-bond acceptors (Lipinski definition) is 4. The van der Waals surface area contributed by atoms with Crippen LogP contribution in [-0.4, -0.2) is 26.5 Å². The Balaban J connectivity index is 2.01. The van der Waals surface area contributed by atoms with Crippen molar-refractivity contribution in [3.63, 3.8) is 0 Å². The molecule has 3 rings (SSSR count). The highest BCUT2D eigenvalue weighted by molar-refractivity contribution is 5.77. The van der Waals surface area contributed by atoms with E-state index in [1.165, 1.54) is 11.1 Å². The predicted molar refractivity (Wildman–Crippen MR) is 95.1 cm³/mol. The summed E-state index contributed by atoms with van der Waals surface area (Å²) in [5, 5.41) is 0. The number of benzene rings is 2. The lowest BCUT2D eigenvalue weighted by atomic mass is 9.89. The lowest BCUT2D eigenvalue weighted by Gasteiger charge is -2.39. The minimum Gasteiger partial charge on any atom is -0.493 e. The highest BCUT2D eigenvalue weighted by Gasteiger charge is 2.28. The Morgan fingerprint density at radius 2 is 1.88 bits per heavy atom. The van der Waals surface area contributed by atoms with Crippen molar-refractivity contribution in [3.8, 4) is 11.5 Å². The molecular formula is C20H23NO3. The van der Waals surface area contributed by atoms with Gasteiger partial charge in [-0.25, -0.2) is 0 Å². The van der Waals surface area contributed by atoms with E-state index in [-0.39, 0.29) is 11.8 Å². The number of fused-ring (bicyclic) bond motifs is 1. The van der Waals surface area contributed by atoms with Gasteiger partial charge in [-0.3, -0.25) is 4.79 Å². The molecule has 0 saturated carbocycles. The molecular weight excluding hydrogens is 302 g/mol. The summed E-state index contributed by atoms with van der Waals surface area (Å²) < 4.78 is 10.8. The van der Waals surface area contributed by atoms with Crippen LogP contribution < -0.4 is 14.4 Å². The van der Waals surface area contributed by atoms with Gasteiger partial charge in [0.1, 0.15) is 5.78 Å². The average Bonchev–Trinajstić information content (AvgIpc) is 2.61. The van der Waals surface area contributed by atoms with E-state index in [9.17, 15) is 4.79 Å². The van der Waals surface area contributed by atoms with E-state index in [0.29, 0.717) is 17.9 Å². The number of carbonyl (C=O) groups is 1. The number of Topliss-reactive ketones (excluding diaryl/α,β-unsaturated/α-hetero) is 1. The van der Waals surface area contributed by atoms with Crippen molar-refractivity contribution in [2.75, 3.05) is 25.7 Å². The van der Waals surface area contributed by atoms with Gasteiger partial charge in [-0.1, -0.05) is 24.3 Å². The molecule has 24 heavy (non-hydrogen) atoms. The lowest BCUT2D eigenvalue weighted by Crippen LogP contribution is -2.36. The second-order valence-electron chi connectivity index (χ2n) is 6.10. The summed E-state index contributed by atoms with van der Waals surface area (Å²) in [6, 6.07) is 14.4. The second-order valence-corrected chi connectivity index (χ2v) is 6.10. The Hall–Kier alpha value is -2.49. The first-order chi connectivity index (χ1) is 11.6. The fourth-order valence-corrected chi connectivity index (χ4v) is 3.46. The van der Waals surface area contributed by atoms with Gasteiger partial charge >= 0.3 is 0 Å². The zero-order chi connectivity index (χ0) is 17.1. The van der Waals surface area contributed by atoms with Crippen molar-refractivity contribution < 1.29 is 14.3 Å². The molecule has 0 bridgehead atoms. The van der Waals surface area contributed by atoms with Crippen LogP contribution in [0, 0.1) is 0 Å². The summed E-state index contributed by atoms with van der Waals surface area (Å²) in [5.74, 6) is 1.61. The van der Waals surface area contributed by atoms with Crippen LogP contribution in [0.5, 0.6) is 11.5 Å². The molecule has 1 heterocycles. The van der Waals surface area contributed by atoms with Crippen molar-refractivity contribution >= 4 is 11.5 Å². The molecule has 126 valence electrons. The summed E-state index contributed by atoms with van der Waals surface area (Å²) >= 11 is 0. The van der Waals surface area contributed by atoms with Crippen molar-refractivity contribution in [2.24, 2.45) is 0 Å². The van der Waals surface area contributed by atoms with Crippen LogP contribution in [0.25, 0.3) is 0 Å². The summed E-state index contributed by atoms with van der Waals surface area (Å²) in [6.45, 7) is 2.54. The molecule has 4 nitrogen and oxygen atoms in total. The maximum Gasteiger partial charge on any atom is 0.162 e. The predicted octanol–water partition coefficient (Wildman–Crippen LogP) is 3.79. The Labute approximate surface area is 143 Å². The maximum absolute atomic E-state index is 11.9. The smallest absolute Gasteiger partial charge is 0.162 e. The molecule has 1 aliphatic heterocycles. The van der Waals surface area contributed by atoms with Crippen LogP contribution in [0.1, 0.15) is 30.5 Å². The first-order valence-corrected chi connectivity index (χ1v) is 8.20. The van der Waals surface area contributed by atoms with Crippen molar-refractivity contribution in [2.45, 2.75) is 25.8 Å². The van der Waals surface area contributed by atoms with E-state index in [1.807, 2.05) is 24.3 Å². The monoisotopic (exact) mass is 325 g/mol. The van der Waals surface area contributed by atoms with Crippen molar-refractivity contribution in [1.82, 2.24) is 0 Å². The molecule has 0 amide bonds. The highest BCUT2D eigenvalue weighted by atomic mass is 16.5. The van der Waals surface area contributed by atoms with E-state index in [1.54, 1.807) is 21.1 Å². The lowest BCUT2D eigenvalue weighted by molar-refractivity contribution is -0.117. The van der Waals surface area contributed by atoms with Crippen LogP contribution in [0.4, 0.5) is 5.69 Å². The normalized spacial score (nSPS) is 16.5. The van der Waals surface area contributed by atoms with Crippen LogP contribution >= 0.6 is 0 Å². The van der Waals surface area contributed by atoms with E-state index in [4.69, 9.17) is 9.47 Å². The first kappa shape index (κ1) is 16.4. The molecule has 1 atom stereocenters. The number of rotatable bonds is 5. The number of anilines is 1. The molecule has 2 aromatic rings. The van der Waals surface area contributed by atoms with Gasteiger partial charge in [0.25, 0.3) is 0 Å². The van der Waals surface area contributed by atoms with E-state index >= 15 is 0 Å². The molecule has 0 aromatic heterocycles. The SMILES string of the molecule is COc1ccc(N2CCc3ccccc3C2CC(C)=O)cc1OC. The van der Waals surface area contributed by atoms with Gasteiger partial charge in [0.2, 0.25) is 0 Å². The summed E-state index contributed by atoms with van der Waals surface area (Å²) in [6.07, 6.45) is 1.48. The third kappa shape index (κ3) is 3.09. The zero-order valence-corrected chi connectivity index (χ0v) is 14.4. The van der Waals surface area contributed by atoms with Crippen molar-refractivity contribution in [3.05, 3.63) is 53.6 Å². The fraction of sp³-hybridized carbons (Fsp3) is 0.350. The van der Waals surface area contributed by atoms with Crippen LogP contribution in [0.15, 0.2) is 42.5 Å². The second kappa shape index (κ2) is 6.95. The number of hydrogen-bond donors (Lipinski definition) is 0. The molecule has 0 fully saturated rings. The first-order valence-electron chi connectivity index (χ1n) is 8.20. The zero-order valence-electron chi connectivity index (χ0n) is 14.4. The highest BCUT2D eigenvalue weighted by Crippen LogP contribution is 2.39. The van der Waals surface area contributed by atoms with Crippen LogP contribution in [0.2, 0.25) is 0 Å². The third-order valence-electron chi connectivity index (χ3n) is 4.59. The molecule has 0 radical (unpaired) electrons. The quantitative estimate of drug-likeness (QED) is 0.838. The average molecular weight is 325 g/mol. The van der Waals surface area contributed by atoms with Gasteiger partial charge < -0.3 is 14.4 Å². The standard InChI is InChI=1S/C20H23NO3/c1-14(22)12-18-17-7-5-4-6-15(17)10-11-21(18)16-8-9-19(23-2)20(13-16)24-3/h4-9,13,18H,10-12H2,1-3H3. The molecule has 0 spiro atoms. The summed E-state index contributed by atoms with van der Waals surface area (Å²) in [5.41, 5.74) is 3.63. The Bertz CT molecular complexity index is 741. The Morgan fingerprint density at radius 3 is 2.58 bits per heavy atom. The maximum atomic E-state index is 11.9. The van der Waals surface area contributed by atoms with Crippen molar-refractivity contribution in [1.29, 1.82) is 0 Å². The number of ketones is 1. The largest absolute Gasteiger partial charge is 0.493 e. The Kier molecular flexibility index (Phi) is 4.74. The number of methoxy groups -OCH3 is 2. The van der Waals surface area contributed by atoms with Crippen LogP contribution in [-0.2, 0) is 11.2 Å². The van der Waals surface area contributed by atoms with Crippen LogP contribution in [0.3, 0.4) is 0 Å². The molecule has 1 unspecified atom stereocenters. The van der Waals surface area contributed by atoms with Gasteiger partial charge in [0.15, 0.2) is 11.5 Å². The topological polar surface area (TPSA) is 38.8 Å². The molecule has 1 aliphatic rings. The van der Waals surface area contributed by atoms with Gasteiger partial charge in [-0.15, -0.1) is 0 Å². The van der Waals surface area contributed by atoms with Gasteiger partial charge in [-0.05, 0) is 36.6 Å². The van der Waals surface area contributed by atoms with Gasteiger partial charge in [0, 0.05) is 24.7 Å². The fourth-order valence-electron chi connectivity index (χ4n) is 3.46. The van der Waals surface area contributed by atoms with E-state index in [0.717, 1.165) is 18.7 Å². The van der Waals surface area contributed by atoms with E-state index in [2.05, 4.69) is 23.1 Å². The summed E-state index contributed by atoms with van der Waals surface area (Å²) in [7, 11) is 3.27. The molecule has 2 aromatic carbocycles. The molecule has 0 aliphatic carbocycles. The minimum atomic E-state index is 0.0607. The van der Waals surface area contributed by atoms with E-state index < -0.39 is 0 Å². The number of carbonyl (C=O) groups excluding carboxylic acids is 1. The summed E-state index contributed by atoms with van der Waals surface area (Å²) in [4.78, 5) is 14.1. The van der Waals surface area contributed by atoms with Gasteiger partial charge in [0.05, 0.1) is 20.3 Å². The molecule has 0 saturated heterocycles. The Morgan fingerprint density at radius 1 is 1.12 bits per heavy atom. The van der Waals surface area contributed by atoms with Gasteiger partial charge in [-0.2, -0.15) is 0 Å². The number of ether oxygens (including phenoxy) is 2. The minimum absolute atomic E-state index is 0.0607. The third-order valence-corrected chi connectivity index (χ3v) is 4.59. The molecule has 4 heteroatoms.